The van der Waals surface area contributed by atoms with Crippen molar-refractivity contribution in [2.75, 3.05) is 19.8 Å². The van der Waals surface area contributed by atoms with Crippen molar-refractivity contribution in [1.82, 2.24) is 0 Å². The second-order valence-corrected chi connectivity index (χ2v) is 15.4. The Labute approximate surface area is 336 Å². The first kappa shape index (κ1) is 52.5. The van der Waals surface area contributed by atoms with E-state index in [4.69, 9.17) is 18.5 Å². The van der Waals surface area contributed by atoms with Gasteiger partial charge in [-0.1, -0.05) is 157 Å². The Bertz CT molecular complexity index is 1120. The predicted octanol–water partition coefficient (Wildman–Crippen LogP) is 13.7. The monoisotopic (exact) mass is 791 g/mol. The van der Waals surface area contributed by atoms with Crippen molar-refractivity contribution in [3.63, 3.8) is 0 Å². The first-order valence-electron chi connectivity index (χ1n) is 21.7. The molecule has 0 aliphatic carbocycles. The Morgan fingerprint density at radius 2 is 0.927 bits per heavy atom. The summed E-state index contributed by atoms with van der Waals surface area (Å²) in [6.07, 6.45) is 50.9. The van der Waals surface area contributed by atoms with E-state index in [9.17, 15) is 19.0 Å². The van der Waals surface area contributed by atoms with Crippen molar-refractivity contribution in [3.8, 4) is 0 Å². The molecule has 0 heterocycles. The molecule has 0 saturated carbocycles. The molecule has 0 fully saturated rings. The number of hydrogen-bond donors (Lipinski definition) is 1. The summed E-state index contributed by atoms with van der Waals surface area (Å²) in [6, 6.07) is 0. The Hall–Kier alpha value is -2.51. The zero-order valence-electron chi connectivity index (χ0n) is 35.1. The lowest BCUT2D eigenvalue weighted by atomic mass is 10.1. The van der Waals surface area contributed by atoms with Gasteiger partial charge in [0.05, 0.1) is 13.2 Å². The molecule has 9 heteroatoms. The summed E-state index contributed by atoms with van der Waals surface area (Å²) in [7, 11) is -4.29. The van der Waals surface area contributed by atoms with Gasteiger partial charge < -0.3 is 14.4 Å². The molecule has 0 rings (SSSR count). The van der Waals surface area contributed by atoms with Crippen molar-refractivity contribution < 1.29 is 37.6 Å². The molecule has 2 unspecified atom stereocenters. The summed E-state index contributed by atoms with van der Waals surface area (Å²) in [5.41, 5.74) is 0. The van der Waals surface area contributed by atoms with Gasteiger partial charge >= 0.3 is 19.8 Å². The van der Waals surface area contributed by atoms with Crippen LogP contribution in [0.1, 0.15) is 181 Å². The minimum Gasteiger partial charge on any atom is -0.462 e. The standard InChI is InChI=1S/C46H79O8P/c1-4-7-9-11-13-15-17-19-21-22-23-24-25-26-27-29-31-33-35-37-39-41-46(48)54-44(43-53-55(49,50)52-6-3)42-51-45(47)40-38-36-34-32-30-28-20-18-16-14-12-10-8-5-2/h7,9,12-15,18-21,23-24,44H,4-6,8,10-11,16-17,22,25-43H2,1-3H3,(H,49,50)/b9-7-,14-12-,15-13-,20-18-,21-19-,24-23-. The first-order chi connectivity index (χ1) is 26.8. The van der Waals surface area contributed by atoms with Gasteiger partial charge in [0.2, 0.25) is 0 Å². The highest BCUT2D eigenvalue weighted by atomic mass is 31.2. The number of carbonyl (C=O) groups excluding carboxylic acids is 2. The highest BCUT2D eigenvalue weighted by molar-refractivity contribution is 7.47. The number of rotatable bonds is 39. The van der Waals surface area contributed by atoms with E-state index in [1.54, 1.807) is 6.92 Å². The maximum atomic E-state index is 12.6. The third kappa shape index (κ3) is 41.0. The van der Waals surface area contributed by atoms with E-state index in [1.165, 1.54) is 38.5 Å². The number of allylic oxidation sites excluding steroid dienone is 12. The van der Waals surface area contributed by atoms with Crippen LogP contribution in [0.25, 0.3) is 0 Å². The SMILES string of the molecule is CC/C=C\C/C=C\C/C=C\C/C=C\CCCCCCCCCCC(=O)OC(COC(=O)CCCCCCC/C=C\C/C=C\CCCC)COP(=O)(O)OCC. The Kier molecular flexibility index (Phi) is 39.3. The molecule has 55 heavy (non-hydrogen) atoms. The molecule has 0 radical (unpaired) electrons. The van der Waals surface area contributed by atoms with Gasteiger partial charge in [-0.2, -0.15) is 0 Å². The number of carbonyl (C=O) groups is 2. The van der Waals surface area contributed by atoms with Gasteiger partial charge in [0.1, 0.15) is 6.61 Å². The van der Waals surface area contributed by atoms with Crippen LogP contribution in [0.3, 0.4) is 0 Å². The number of ether oxygens (including phenoxy) is 2. The van der Waals surface area contributed by atoms with Crippen LogP contribution in [0.5, 0.6) is 0 Å². The number of phosphoric acid groups is 1. The number of hydrogen-bond acceptors (Lipinski definition) is 7. The molecule has 0 aromatic rings. The molecule has 0 amide bonds. The topological polar surface area (TPSA) is 108 Å². The maximum absolute atomic E-state index is 12.6. The summed E-state index contributed by atoms with van der Waals surface area (Å²) in [4.78, 5) is 34.7. The van der Waals surface area contributed by atoms with Crippen molar-refractivity contribution >= 4 is 19.8 Å². The van der Waals surface area contributed by atoms with Crippen molar-refractivity contribution in [1.29, 1.82) is 0 Å². The predicted molar refractivity (Wildman–Crippen MR) is 230 cm³/mol. The summed E-state index contributed by atoms with van der Waals surface area (Å²) in [6.45, 7) is 5.29. The summed E-state index contributed by atoms with van der Waals surface area (Å²) < 4.78 is 32.6. The molecule has 8 nitrogen and oxygen atoms in total. The molecule has 2 atom stereocenters. The summed E-state index contributed by atoms with van der Waals surface area (Å²) >= 11 is 0. The molecule has 0 aliphatic rings. The minimum absolute atomic E-state index is 0.00720. The molecule has 0 bridgehead atoms. The van der Waals surface area contributed by atoms with Crippen molar-refractivity contribution in [3.05, 3.63) is 72.9 Å². The fourth-order valence-electron chi connectivity index (χ4n) is 5.58. The van der Waals surface area contributed by atoms with E-state index in [2.05, 4.69) is 86.8 Å². The number of unbranched alkanes of at least 4 members (excludes halogenated alkanes) is 15. The van der Waals surface area contributed by atoms with Crippen LogP contribution in [0.2, 0.25) is 0 Å². The first-order valence-corrected chi connectivity index (χ1v) is 23.2. The molecule has 0 aromatic heterocycles. The lowest BCUT2D eigenvalue weighted by molar-refractivity contribution is -0.161. The van der Waals surface area contributed by atoms with Crippen LogP contribution in [0.4, 0.5) is 0 Å². The summed E-state index contributed by atoms with van der Waals surface area (Å²) in [5.74, 6) is -0.828. The average molecular weight is 791 g/mol. The largest absolute Gasteiger partial charge is 0.472 e. The van der Waals surface area contributed by atoms with E-state index in [-0.39, 0.29) is 32.0 Å². The Balaban J connectivity index is 4.11. The lowest BCUT2D eigenvalue weighted by Gasteiger charge is -2.19. The third-order valence-corrected chi connectivity index (χ3v) is 9.81. The fourth-order valence-corrected chi connectivity index (χ4v) is 6.33. The normalized spacial score (nSPS) is 14.0. The van der Waals surface area contributed by atoms with Gasteiger partial charge in [-0.25, -0.2) is 4.57 Å². The van der Waals surface area contributed by atoms with Gasteiger partial charge in [0.15, 0.2) is 6.10 Å². The third-order valence-electron chi connectivity index (χ3n) is 8.75. The van der Waals surface area contributed by atoms with Gasteiger partial charge in [0.25, 0.3) is 0 Å². The van der Waals surface area contributed by atoms with Crippen LogP contribution in [0, 0.1) is 0 Å². The van der Waals surface area contributed by atoms with E-state index < -0.39 is 26.5 Å². The van der Waals surface area contributed by atoms with Gasteiger partial charge in [-0.15, -0.1) is 0 Å². The van der Waals surface area contributed by atoms with Gasteiger partial charge in [-0.3, -0.25) is 18.6 Å². The molecule has 316 valence electrons. The molecule has 0 aromatic carbocycles. The van der Waals surface area contributed by atoms with Crippen LogP contribution >= 0.6 is 7.82 Å². The van der Waals surface area contributed by atoms with Crippen molar-refractivity contribution in [2.45, 2.75) is 187 Å². The number of phosphoric ester groups is 1. The molecular formula is C46H79O8P. The molecular weight excluding hydrogens is 711 g/mol. The van der Waals surface area contributed by atoms with Crippen LogP contribution in [0.15, 0.2) is 72.9 Å². The summed E-state index contributed by atoms with van der Waals surface area (Å²) in [5, 5.41) is 0. The van der Waals surface area contributed by atoms with E-state index in [1.807, 2.05) is 0 Å². The van der Waals surface area contributed by atoms with Gasteiger partial charge in [0, 0.05) is 12.8 Å². The smallest absolute Gasteiger partial charge is 0.462 e. The van der Waals surface area contributed by atoms with E-state index >= 15 is 0 Å². The maximum Gasteiger partial charge on any atom is 0.472 e. The van der Waals surface area contributed by atoms with Crippen LogP contribution < -0.4 is 0 Å². The van der Waals surface area contributed by atoms with Crippen LogP contribution in [-0.4, -0.2) is 42.8 Å². The fraction of sp³-hybridized carbons (Fsp3) is 0.696. The molecule has 1 N–H and O–H groups in total. The second kappa shape index (κ2) is 41.1. The Morgan fingerprint density at radius 3 is 1.40 bits per heavy atom. The highest BCUT2D eigenvalue weighted by Crippen LogP contribution is 2.43. The van der Waals surface area contributed by atoms with Crippen molar-refractivity contribution in [2.24, 2.45) is 0 Å². The number of esters is 2. The molecule has 0 aliphatic heterocycles. The van der Waals surface area contributed by atoms with E-state index in [0.717, 1.165) is 103 Å². The zero-order valence-corrected chi connectivity index (χ0v) is 36.0. The highest BCUT2D eigenvalue weighted by Gasteiger charge is 2.25. The van der Waals surface area contributed by atoms with Gasteiger partial charge in [-0.05, 0) is 84.0 Å². The van der Waals surface area contributed by atoms with E-state index in [0.29, 0.717) is 6.42 Å². The zero-order chi connectivity index (χ0) is 40.3. The Morgan fingerprint density at radius 1 is 0.509 bits per heavy atom. The quantitative estimate of drug-likeness (QED) is 0.0284. The second-order valence-electron chi connectivity index (χ2n) is 14.0. The molecule has 0 spiro atoms. The molecule has 0 saturated heterocycles. The lowest BCUT2D eigenvalue weighted by Crippen LogP contribution is -2.29. The average Bonchev–Trinajstić information content (AvgIpc) is 3.16. The van der Waals surface area contributed by atoms with Crippen LogP contribution in [-0.2, 0) is 32.7 Å². The minimum atomic E-state index is -4.29.